The van der Waals surface area contributed by atoms with Gasteiger partial charge in [0, 0.05) is 26.0 Å². The predicted molar refractivity (Wildman–Crippen MR) is 74.1 cm³/mol. The van der Waals surface area contributed by atoms with Crippen LogP contribution in [0.25, 0.3) is 0 Å². The molecule has 0 bridgehead atoms. The fourth-order valence-corrected chi connectivity index (χ4v) is 3.05. The summed E-state index contributed by atoms with van der Waals surface area (Å²) in [5, 5.41) is 0. The summed E-state index contributed by atoms with van der Waals surface area (Å²) in [5.41, 5.74) is 1.79. The van der Waals surface area contributed by atoms with E-state index in [1.165, 1.54) is 4.31 Å². The predicted octanol–water partition coefficient (Wildman–Crippen LogP) is 2.21. The normalized spacial score (nSPS) is 11.7. The molecule has 0 aliphatic heterocycles. The monoisotopic (exact) mass is 276 g/mol. The fourth-order valence-electron chi connectivity index (χ4n) is 1.79. The Morgan fingerprint density at radius 1 is 1.21 bits per heavy atom. The topological polar surface area (TPSA) is 50.3 Å². The third-order valence-corrected chi connectivity index (χ3v) is 4.63. The molecule has 0 spiro atoms. The molecule has 5 heteroatoms. The van der Waals surface area contributed by atoms with Gasteiger partial charge in [0.25, 0.3) is 0 Å². The van der Waals surface area contributed by atoms with E-state index in [2.05, 4.69) is 4.98 Å². The number of aromatic nitrogens is 1. The largest absolute Gasteiger partial charge is 0.264 e. The smallest absolute Gasteiger partial charge is 0.243 e. The van der Waals surface area contributed by atoms with Gasteiger partial charge in [0.15, 0.2) is 0 Å². The summed E-state index contributed by atoms with van der Waals surface area (Å²) in [7, 11) is -1.88. The zero-order valence-corrected chi connectivity index (χ0v) is 11.8. The van der Waals surface area contributed by atoms with E-state index in [9.17, 15) is 8.42 Å². The van der Waals surface area contributed by atoms with Gasteiger partial charge in [-0.15, -0.1) is 0 Å². The number of nitrogens with zero attached hydrogens (tertiary/aromatic N) is 2. The lowest BCUT2D eigenvalue weighted by molar-refractivity contribution is 0.466. The van der Waals surface area contributed by atoms with E-state index < -0.39 is 10.0 Å². The van der Waals surface area contributed by atoms with Crippen LogP contribution in [0.4, 0.5) is 0 Å². The zero-order chi connectivity index (χ0) is 13.9. The Labute approximate surface area is 113 Å². The van der Waals surface area contributed by atoms with Crippen molar-refractivity contribution in [1.82, 2.24) is 9.29 Å². The minimum Gasteiger partial charge on any atom is -0.264 e. The molecule has 0 fully saturated rings. The highest BCUT2D eigenvalue weighted by Gasteiger charge is 2.20. The quantitative estimate of drug-likeness (QED) is 0.860. The Morgan fingerprint density at radius 2 is 2.00 bits per heavy atom. The average Bonchev–Trinajstić information content (AvgIpc) is 2.40. The highest BCUT2D eigenvalue weighted by Crippen LogP contribution is 2.17. The molecule has 0 aliphatic carbocycles. The van der Waals surface area contributed by atoms with Crippen molar-refractivity contribution < 1.29 is 8.42 Å². The van der Waals surface area contributed by atoms with E-state index >= 15 is 0 Å². The Balaban J connectivity index is 2.25. The Hall–Kier alpha value is -1.72. The van der Waals surface area contributed by atoms with Gasteiger partial charge in [-0.1, -0.05) is 18.2 Å². The SMILES string of the molecule is Cc1cccc(S(=O)(=O)N(C)Cc2cccnc2)c1. The summed E-state index contributed by atoms with van der Waals surface area (Å²) >= 11 is 0. The molecule has 1 aromatic carbocycles. The Morgan fingerprint density at radius 3 is 2.63 bits per heavy atom. The van der Waals surface area contributed by atoms with Crippen LogP contribution in [0, 0.1) is 6.92 Å². The molecule has 0 atom stereocenters. The number of sulfonamides is 1. The fraction of sp³-hybridized carbons (Fsp3) is 0.214. The minimum atomic E-state index is -3.45. The maximum Gasteiger partial charge on any atom is 0.243 e. The first-order valence-corrected chi connectivity index (χ1v) is 7.36. The zero-order valence-electron chi connectivity index (χ0n) is 10.9. The second-order valence-electron chi connectivity index (χ2n) is 4.44. The molecule has 2 rings (SSSR count). The molecule has 1 aromatic heterocycles. The van der Waals surface area contributed by atoms with Crippen LogP contribution >= 0.6 is 0 Å². The van der Waals surface area contributed by atoms with Crippen molar-refractivity contribution in [1.29, 1.82) is 0 Å². The van der Waals surface area contributed by atoms with Crippen LogP contribution in [0.5, 0.6) is 0 Å². The first-order valence-electron chi connectivity index (χ1n) is 5.92. The van der Waals surface area contributed by atoms with Crippen molar-refractivity contribution in [2.75, 3.05) is 7.05 Å². The second-order valence-corrected chi connectivity index (χ2v) is 6.48. The molecule has 0 saturated carbocycles. The lowest BCUT2D eigenvalue weighted by atomic mass is 10.2. The van der Waals surface area contributed by atoms with Gasteiger partial charge in [0.05, 0.1) is 4.90 Å². The molecule has 0 amide bonds. The minimum absolute atomic E-state index is 0.310. The van der Waals surface area contributed by atoms with Gasteiger partial charge >= 0.3 is 0 Å². The molecule has 100 valence electrons. The van der Waals surface area contributed by atoms with Gasteiger partial charge < -0.3 is 0 Å². The van der Waals surface area contributed by atoms with E-state index in [4.69, 9.17) is 0 Å². The van der Waals surface area contributed by atoms with Crippen molar-refractivity contribution >= 4 is 10.0 Å². The van der Waals surface area contributed by atoms with Crippen LogP contribution in [0.2, 0.25) is 0 Å². The molecule has 4 nitrogen and oxygen atoms in total. The van der Waals surface area contributed by atoms with E-state index in [0.717, 1.165) is 11.1 Å². The van der Waals surface area contributed by atoms with Crippen LogP contribution < -0.4 is 0 Å². The molecule has 1 heterocycles. The first-order chi connectivity index (χ1) is 9.00. The number of benzene rings is 1. The van der Waals surface area contributed by atoms with Crippen LogP contribution in [-0.4, -0.2) is 24.8 Å². The Bertz CT molecular complexity index is 654. The molecule has 0 aliphatic rings. The standard InChI is InChI=1S/C14H16N2O2S/c1-12-5-3-7-14(9-12)19(17,18)16(2)11-13-6-4-8-15-10-13/h3-10H,11H2,1-2H3. The number of hydrogen-bond donors (Lipinski definition) is 0. The summed E-state index contributed by atoms with van der Waals surface area (Å²) in [6.45, 7) is 2.18. The maximum absolute atomic E-state index is 12.4. The Kier molecular flexibility index (Phi) is 3.97. The van der Waals surface area contributed by atoms with Crippen molar-refractivity contribution in [3.05, 3.63) is 59.9 Å². The number of hydrogen-bond acceptors (Lipinski definition) is 3. The average molecular weight is 276 g/mol. The number of pyridine rings is 1. The van der Waals surface area contributed by atoms with E-state index in [1.54, 1.807) is 43.7 Å². The molecule has 0 radical (unpaired) electrons. The number of rotatable bonds is 4. The van der Waals surface area contributed by atoms with Crippen molar-refractivity contribution in [2.24, 2.45) is 0 Å². The van der Waals surface area contributed by atoms with E-state index in [0.29, 0.717) is 11.4 Å². The van der Waals surface area contributed by atoms with Crippen LogP contribution in [0.15, 0.2) is 53.7 Å². The highest BCUT2D eigenvalue weighted by atomic mass is 32.2. The first kappa shape index (κ1) is 13.7. The van der Waals surface area contributed by atoms with Gasteiger partial charge in [-0.05, 0) is 36.2 Å². The van der Waals surface area contributed by atoms with E-state index in [1.807, 2.05) is 19.1 Å². The van der Waals surface area contributed by atoms with Crippen molar-refractivity contribution in [3.63, 3.8) is 0 Å². The van der Waals surface area contributed by atoms with Crippen LogP contribution in [-0.2, 0) is 16.6 Å². The molecular weight excluding hydrogens is 260 g/mol. The van der Waals surface area contributed by atoms with Crippen molar-refractivity contribution in [2.45, 2.75) is 18.4 Å². The lowest BCUT2D eigenvalue weighted by Crippen LogP contribution is -2.26. The van der Waals surface area contributed by atoms with Gasteiger partial charge in [-0.25, -0.2) is 8.42 Å². The number of aryl methyl sites for hydroxylation is 1. The van der Waals surface area contributed by atoms with Gasteiger partial charge in [-0.2, -0.15) is 4.31 Å². The van der Waals surface area contributed by atoms with Crippen LogP contribution in [0.1, 0.15) is 11.1 Å². The summed E-state index contributed by atoms with van der Waals surface area (Å²) in [6, 6.07) is 10.6. The summed E-state index contributed by atoms with van der Waals surface area (Å²) < 4.78 is 26.1. The maximum atomic E-state index is 12.4. The van der Waals surface area contributed by atoms with Gasteiger partial charge in [0.2, 0.25) is 10.0 Å². The van der Waals surface area contributed by atoms with Crippen molar-refractivity contribution in [3.8, 4) is 0 Å². The second kappa shape index (κ2) is 5.50. The van der Waals surface area contributed by atoms with E-state index in [-0.39, 0.29) is 0 Å². The molecule has 0 unspecified atom stereocenters. The molecule has 0 N–H and O–H groups in total. The molecule has 2 aromatic rings. The summed E-state index contributed by atoms with van der Waals surface area (Å²) in [5.74, 6) is 0. The third-order valence-electron chi connectivity index (χ3n) is 2.83. The van der Waals surface area contributed by atoms with Gasteiger partial charge in [0.1, 0.15) is 0 Å². The molecule has 0 saturated heterocycles. The van der Waals surface area contributed by atoms with Crippen LogP contribution in [0.3, 0.4) is 0 Å². The van der Waals surface area contributed by atoms with Gasteiger partial charge in [-0.3, -0.25) is 4.98 Å². The molecular formula is C14H16N2O2S. The summed E-state index contributed by atoms with van der Waals surface area (Å²) in [4.78, 5) is 4.30. The highest BCUT2D eigenvalue weighted by molar-refractivity contribution is 7.89. The summed E-state index contributed by atoms with van der Waals surface area (Å²) in [6.07, 6.45) is 3.33. The lowest BCUT2D eigenvalue weighted by Gasteiger charge is -2.17. The third kappa shape index (κ3) is 3.19. The molecule has 19 heavy (non-hydrogen) atoms.